The van der Waals surface area contributed by atoms with Gasteiger partial charge in [-0.25, -0.2) is 0 Å². The normalized spacial score (nSPS) is 14.0. The van der Waals surface area contributed by atoms with E-state index in [9.17, 15) is 18.0 Å². The van der Waals surface area contributed by atoms with Gasteiger partial charge in [-0.1, -0.05) is 29.4 Å². The summed E-state index contributed by atoms with van der Waals surface area (Å²) in [6, 6.07) is 5.10. The van der Waals surface area contributed by atoms with E-state index in [1.165, 1.54) is 31.2 Å². The van der Waals surface area contributed by atoms with Gasteiger partial charge in [0.15, 0.2) is 5.84 Å². The molecule has 0 unspecified atom stereocenters. The number of carbonyl (C=O) groups excluding carboxylic acids is 1. The Morgan fingerprint density at radius 1 is 1.37 bits per heavy atom. The molecule has 1 aromatic carbocycles. The number of nitrogens with one attached hydrogen (secondary N) is 1. The van der Waals surface area contributed by atoms with Gasteiger partial charge in [0.2, 0.25) is 0 Å². The van der Waals surface area contributed by atoms with Crippen LogP contribution in [0.25, 0.3) is 0 Å². The third kappa shape index (κ3) is 3.87. The number of amides is 1. The SMILES string of the molecule is C[C@H](NC(=O)C(F)(F)F)c1ccc(/C(N)=N\O)cc1. The van der Waals surface area contributed by atoms with E-state index >= 15 is 0 Å². The summed E-state index contributed by atoms with van der Waals surface area (Å²) in [6.45, 7) is 1.42. The fraction of sp³-hybridized carbons (Fsp3) is 0.273. The molecular formula is C11H12F3N3O2. The predicted molar refractivity (Wildman–Crippen MR) is 61.6 cm³/mol. The van der Waals surface area contributed by atoms with Gasteiger partial charge in [0, 0.05) is 5.56 Å². The second kappa shape index (κ2) is 5.59. The number of hydrogen-bond donors (Lipinski definition) is 3. The zero-order chi connectivity index (χ0) is 14.6. The van der Waals surface area contributed by atoms with Crippen molar-refractivity contribution < 1.29 is 23.2 Å². The fourth-order valence-electron chi connectivity index (χ4n) is 1.36. The van der Waals surface area contributed by atoms with Crippen molar-refractivity contribution in [3.63, 3.8) is 0 Å². The zero-order valence-electron chi connectivity index (χ0n) is 9.90. The second-order valence-corrected chi connectivity index (χ2v) is 3.80. The highest BCUT2D eigenvalue weighted by molar-refractivity contribution is 5.97. The molecule has 0 aliphatic rings. The van der Waals surface area contributed by atoms with Gasteiger partial charge in [-0.3, -0.25) is 4.79 Å². The number of benzene rings is 1. The number of nitrogens with zero attached hydrogens (tertiary/aromatic N) is 1. The molecule has 5 nitrogen and oxygen atoms in total. The molecule has 0 aromatic heterocycles. The summed E-state index contributed by atoms with van der Waals surface area (Å²) in [5, 5.41) is 13.1. The topological polar surface area (TPSA) is 87.7 Å². The van der Waals surface area contributed by atoms with Gasteiger partial charge in [-0.15, -0.1) is 0 Å². The number of alkyl halides is 3. The number of halogens is 3. The number of nitrogens with two attached hydrogens (primary N) is 1. The molecule has 0 aliphatic heterocycles. The maximum absolute atomic E-state index is 12.1. The van der Waals surface area contributed by atoms with Crippen molar-refractivity contribution in [2.45, 2.75) is 19.1 Å². The van der Waals surface area contributed by atoms with Crippen LogP contribution in [0.15, 0.2) is 29.4 Å². The van der Waals surface area contributed by atoms with Crippen LogP contribution >= 0.6 is 0 Å². The van der Waals surface area contributed by atoms with Crippen LogP contribution in [0.3, 0.4) is 0 Å². The summed E-state index contributed by atoms with van der Waals surface area (Å²) in [5.41, 5.74) is 6.22. The second-order valence-electron chi connectivity index (χ2n) is 3.80. The highest BCUT2D eigenvalue weighted by Crippen LogP contribution is 2.18. The maximum atomic E-state index is 12.1. The lowest BCUT2D eigenvalue weighted by atomic mass is 10.1. The number of rotatable bonds is 3. The number of oxime groups is 1. The molecule has 0 aliphatic carbocycles. The first-order chi connectivity index (χ1) is 8.75. The molecule has 0 saturated heterocycles. The summed E-state index contributed by atoms with van der Waals surface area (Å²) in [7, 11) is 0. The zero-order valence-corrected chi connectivity index (χ0v) is 9.90. The van der Waals surface area contributed by atoms with Gasteiger partial charge in [0.1, 0.15) is 0 Å². The molecule has 0 radical (unpaired) electrons. The smallest absolute Gasteiger partial charge is 0.409 e. The summed E-state index contributed by atoms with van der Waals surface area (Å²) < 4.78 is 36.2. The van der Waals surface area contributed by atoms with E-state index in [2.05, 4.69) is 5.16 Å². The van der Waals surface area contributed by atoms with Crippen LogP contribution in [0.1, 0.15) is 24.1 Å². The van der Waals surface area contributed by atoms with Gasteiger partial charge in [0.05, 0.1) is 6.04 Å². The molecule has 1 aromatic rings. The Labute approximate surface area is 106 Å². The molecule has 1 amide bonds. The quantitative estimate of drug-likeness (QED) is 0.338. The third-order valence-electron chi connectivity index (χ3n) is 2.42. The first kappa shape index (κ1) is 14.8. The van der Waals surface area contributed by atoms with E-state index in [1.54, 1.807) is 0 Å². The van der Waals surface area contributed by atoms with Crippen molar-refractivity contribution in [3.05, 3.63) is 35.4 Å². The lowest BCUT2D eigenvalue weighted by Gasteiger charge is -2.15. The average molecular weight is 275 g/mol. The molecule has 0 saturated carbocycles. The first-order valence-electron chi connectivity index (χ1n) is 5.21. The van der Waals surface area contributed by atoms with Crippen LogP contribution in [0.4, 0.5) is 13.2 Å². The average Bonchev–Trinajstić information content (AvgIpc) is 2.36. The number of amidine groups is 1. The third-order valence-corrected chi connectivity index (χ3v) is 2.42. The Hall–Kier alpha value is -2.25. The van der Waals surface area contributed by atoms with Crippen molar-refractivity contribution in [1.29, 1.82) is 0 Å². The van der Waals surface area contributed by atoms with Crippen LogP contribution in [-0.2, 0) is 4.79 Å². The van der Waals surface area contributed by atoms with E-state index in [0.29, 0.717) is 11.1 Å². The Morgan fingerprint density at radius 2 is 1.89 bits per heavy atom. The Bertz CT molecular complexity index is 483. The van der Waals surface area contributed by atoms with Crippen molar-refractivity contribution >= 4 is 11.7 Å². The lowest BCUT2D eigenvalue weighted by Crippen LogP contribution is -2.38. The van der Waals surface area contributed by atoms with E-state index in [0.717, 1.165) is 0 Å². The summed E-state index contributed by atoms with van der Waals surface area (Å²) in [6.07, 6.45) is -4.91. The van der Waals surface area contributed by atoms with Crippen molar-refractivity contribution in [3.8, 4) is 0 Å². The van der Waals surface area contributed by atoms with Gasteiger partial charge in [0.25, 0.3) is 0 Å². The largest absolute Gasteiger partial charge is 0.471 e. The first-order valence-corrected chi connectivity index (χ1v) is 5.21. The minimum atomic E-state index is -4.91. The number of hydrogen-bond acceptors (Lipinski definition) is 3. The Kier molecular flexibility index (Phi) is 4.36. The van der Waals surface area contributed by atoms with Crippen LogP contribution in [0.2, 0.25) is 0 Å². The molecule has 0 spiro atoms. The molecule has 19 heavy (non-hydrogen) atoms. The van der Waals surface area contributed by atoms with Crippen molar-refractivity contribution in [2.75, 3.05) is 0 Å². The molecule has 0 bridgehead atoms. The van der Waals surface area contributed by atoms with Crippen LogP contribution in [0, 0.1) is 0 Å². The van der Waals surface area contributed by atoms with E-state index in [4.69, 9.17) is 10.9 Å². The van der Waals surface area contributed by atoms with Crippen molar-refractivity contribution in [2.24, 2.45) is 10.9 Å². The fourth-order valence-corrected chi connectivity index (χ4v) is 1.36. The standard InChI is InChI=1S/C11H12F3N3O2/c1-6(16-10(18)11(12,13)14)7-2-4-8(5-3-7)9(15)17-19/h2-6,19H,1H3,(H2,15,17)(H,16,18)/t6-/m0/s1. The number of carbonyl (C=O) groups is 1. The summed E-state index contributed by atoms with van der Waals surface area (Å²) in [4.78, 5) is 10.8. The molecule has 104 valence electrons. The van der Waals surface area contributed by atoms with Crippen LogP contribution < -0.4 is 11.1 Å². The molecule has 1 rings (SSSR count). The molecule has 8 heteroatoms. The Morgan fingerprint density at radius 3 is 2.32 bits per heavy atom. The van der Waals surface area contributed by atoms with E-state index < -0.39 is 18.1 Å². The van der Waals surface area contributed by atoms with E-state index in [-0.39, 0.29) is 5.84 Å². The summed E-state index contributed by atoms with van der Waals surface area (Å²) >= 11 is 0. The molecule has 0 heterocycles. The van der Waals surface area contributed by atoms with Gasteiger partial charge >= 0.3 is 12.1 Å². The minimum absolute atomic E-state index is 0.112. The van der Waals surface area contributed by atoms with Crippen LogP contribution in [0.5, 0.6) is 0 Å². The van der Waals surface area contributed by atoms with Gasteiger partial charge in [-0.05, 0) is 12.5 Å². The molecule has 0 fully saturated rings. The minimum Gasteiger partial charge on any atom is -0.409 e. The van der Waals surface area contributed by atoms with Gasteiger partial charge < -0.3 is 16.3 Å². The maximum Gasteiger partial charge on any atom is 0.471 e. The predicted octanol–water partition coefficient (Wildman–Crippen LogP) is 1.52. The lowest BCUT2D eigenvalue weighted by molar-refractivity contribution is -0.174. The molecular weight excluding hydrogens is 263 g/mol. The Balaban J connectivity index is 2.79. The highest BCUT2D eigenvalue weighted by atomic mass is 19.4. The van der Waals surface area contributed by atoms with Crippen molar-refractivity contribution in [1.82, 2.24) is 5.32 Å². The van der Waals surface area contributed by atoms with E-state index in [1.807, 2.05) is 5.32 Å². The van der Waals surface area contributed by atoms with Crippen LogP contribution in [-0.4, -0.2) is 23.1 Å². The van der Waals surface area contributed by atoms with Gasteiger partial charge in [-0.2, -0.15) is 13.2 Å². The molecule has 4 N–H and O–H groups in total. The summed E-state index contributed by atoms with van der Waals surface area (Å²) in [5.74, 6) is -2.11. The monoisotopic (exact) mass is 275 g/mol. The molecule has 1 atom stereocenters. The highest BCUT2D eigenvalue weighted by Gasteiger charge is 2.39.